The van der Waals surface area contributed by atoms with Crippen LogP contribution in [0.4, 0.5) is 0 Å². The van der Waals surface area contributed by atoms with Crippen LogP contribution in [0.15, 0.2) is 65.3 Å². The van der Waals surface area contributed by atoms with Gasteiger partial charge >= 0.3 is 5.78 Å². The van der Waals surface area contributed by atoms with E-state index < -0.39 is 0 Å². The van der Waals surface area contributed by atoms with Crippen LogP contribution in [0.2, 0.25) is 0 Å². The molecule has 1 radical (unpaired) electrons. The molecule has 1 aliphatic carbocycles. The lowest BCUT2D eigenvalue weighted by Gasteiger charge is -2.17. The summed E-state index contributed by atoms with van der Waals surface area (Å²) in [4.78, 5) is 13.5. The van der Waals surface area contributed by atoms with Crippen molar-refractivity contribution in [3.63, 3.8) is 0 Å². The van der Waals surface area contributed by atoms with E-state index in [-0.39, 0.29) is 5.78 Å². The van der Waals surface area contributed by atoms with Crippen LogP contribution in [0, 0.1) is 5.92 Å². The first-order valence-electron chi connectivity index (χ1n) is 8.57. The second kappa shape index (κ2) is 8.61. The molecule has 26 heavy (non-hydrogen) atoms. The number of hydrogen-bond donors (Lipinski definition) is 0. The quantitative estimate of drug-likeness (QED) is 0.563. The van der Waals surface area contributed by atoms with Crippen LogP contribution in [-0.4, -0.2) is 25.8 Å². The molecule has 0 aromatic heterocycles. The van der Waals surface area contributed by atoms with Crippen molar-refractivity contribution in [2.45, 2.75) is 27.7 Å². The van der Waals surface area contributed by atoms with Gasteiger partial charge in [-0.05, 0) is 49.3 Å². The third kappa shape index (κ3) is 4.29. The highest BCUT2D eigenvalue weighted by atomic mass is 16.5. The van der Waals surface area contributed by atoms with E-state index in [4.69, 9.17) is 9.16 Å². The van der Waals surface area contributed by atoms with Crippen LogP contribution >= 0.6 is 0 Å². The van der Waals surface area contributed by atoms with Crippen LogP contribution in [0.5, 0.6) is 5.75 Å². The van der Waals surface area contributed by atoms with Gasteiger partial charge in [0.2, 0.25) is 0 Å². The smallest absolute Gasteiger partial charge is 0.343 e. The SMILES string of the molecule is COc1ccc(C(C(=O)C([C](C)C)=C(C)C)=C2C=CC(=[O+]C)C=C2)cc1. The van der Waals surface area contributed by atoms with E-state index in [1.807, 2.05) is 76.3 Å². The molecule has 0 saturated heterocycles. The number of allylic oxidation sites excluding steroid dienone is 8. The zero-order valence-corrected chi connectivity index (χ0v) is 16.3. The van der Waals surface area contributed by atoms with Gasteiger partial charge in [0, 0.05) is 29.2 Å². The summed E-state index contributed by atoms with van der Waals surface area (Å²) in [6.07, 6.45) is 7.58. The minimum atomic E-state index is 0.0281. The van der Waals surface area contributed by atoms with Gasteiger partial charge < -0.3 is 4.74 Å². The molecule has 1 aromatic carbocycles. The minimum absolute atomic E-state index is 0.0281. The Balaban J connectivity index is 2.65. The third-order valence-electron chi connectivity index (χ3n) is 4.21. The molecule has 0 heterocycles. The summed E-state index contributed by atoms with van der Waals surface area (Å²) in [5.74, 6) is 2.56. The Bertz CT molecular complexity index is 807. The average molecular weight is 350 g/mol. The molecule has 0 spiro atoms. The average Bonchev–Trinajstić information content (AvgIpc) is 2.62. The van der Waals surface area contributed by atoms with Crippen molar-refractivity contribution in [2.75, 3.05) is 14.2 Å². The Labute approximate surface area is 156 Å². The maximum absolute atomic E-state index is 13.5. The highest BCUT2D eigenvalue weighted by molar-refractivity contribution is 6.31. The summed E-state index contributed by atoms with van der Waals surface area (Å²) in [7, 11) is 3.26. The summed E-state index contributed by atoms with van der Waals surface area (Å²) in [5, 5.41) is 0. The van der Waals surface area contributed by atoms with E-state index in [1.54, 1.807) is 14.2 Å². The molecule has 2 rings (SSSR count). The highest BCUT2D eigenvalue weighted by Crippen LogP contribution is 2.31. The van der Waals surface area contributed by atoms with Gasteiger partial charge in [-0.1, -0.05) is 31.6 Å². The molecular weight excluding hydrogens is 324 g/mol. The van der Waals surface area contributed by atoms with Crippen LogP contribution in [0.25, 0.3) is 5.57 Å². The van der Waals surface area contributed by atoms with Crippen LogP contribution in [0.3, 0.4) is 0 Å². The Morgan fingerprint density at radius 2 is 1.50 bits per heavy atom. The van der Waals surface area contributed by atoms with Crippen molar-refractivity contribution in [3.8, 4) is 5.75 Å². The molecule has 0 unspecified atom stereocenters. The van der Waals surface area contributed by atoms with Gasteiger partial charge in [-0.15, -0.1) is 0 Å². The molecule has 0 saturated carbocycles. The van der Waals surface area contributed by atoms with Crippen molar-refractivity contribution < 1.29 is 14.0 Å². The molecule has 0 bridgehead atoms. The Kier molecular flexibility index (Phi) is 6.51. The van der Waals surface area contributed by atoms with Gasteiger partial charge in [-0.2, -0.15) is 0 Å². The van der Waals surface area contributed by atoms with Gasteiger partial charge in [0.25, 0.3) is 7.11 Å². The number of rotatable bonds is 5. The van der Waals surface area contributed by atoms with E-state index >= 15 is 0 Å². The monoisotopic (exact) mass is 350 g/mol. The second-order valence-corrected chi connectivity index (χ2v) is 6.54. The van der Waals surface area contributed by atoms with Crippen molar-refractivity contribution in [1.29, 1.82) is 0 Å². The van der Waals surface area contributed by atoms with Crippen molar-refractivity contribution in [1.82, 2.24) is 0 Å². The predicted octanol–water partition coefficient (Wildman–Crippen LogP) is 4.83. The Hall–Kier alpha value is -2.68. The first-order chi connectivity index (χ1) is 12.4. The summed E-state index contributed by atoms with van der Waals surface area (Å²) >= 11 is 0. The lowest BCUT2D eigenvalue weighted by atomic mass is 9.85. The molecule has 0 fully saturated rings. The fraction of sp³-hybridized carbons (Fsp3) is 0.261. The van der Waals surface area contributed by atoms with E-state index in [2.05, 4.69) is 0 Å². The van der Waals surface area contributed by atoms with Gasteiger partial charge in [0.1, 0.15) is 5.75 Å². The zero-order valence-electron chi connectivity index (χ0n) is 16.3. The second-order valence-electron chi connectivity index (χ2n) is 6.54. The fourth-order valence-electron chi connectivity index (χ4n) is 3.02. The molecule has 3 nitrogen and oxygen atoms in total. The largest absolute Gasteiger partial charge is 0.497 e. The Morgan fingerprint density at radius 1 is 0.923 bits per heavy atom. The number of benzene rings is 1. The van der Waals surface area contributed by atoms with Gasteiger partial charge in [0.15, 0.2) is 5.78 Å². The number of hydrogen-bond acceptors (Lipinski definition) is 2. The topological polar surface area (TPSA) is 37.6 Å². The van der Waals surface area contributed by atoms with Gasteiger partial charge in [-0.3, -0.25) is 9.22 Å². The third-order valence-corrected chi connectivity index (χ3v) is 4.21. The first kappa shape index (κ1) is 19.6. The summed E-state index contributed by atoms with van der Waals surface area (Å²) in [6.45, 7) is 7.89. The van der Waals surface area contributed by atoms with Crippen LogP contribution in [0.1, 0.15) is 33.3 Å². The van der Waals surface area contributed by atoms with E-state index in [1.165, 1.54) is 0 Å². The minimum Gasteiger partial charge on any atom is -0.497 e. The summed E-state index contributed by atoms with van der Waals surface area (Å²) in [6, 6.07) is 7.58. The normalized spacial score (nSPS) is 13.0. The van der Waals surface area contributed by atoms with E-state index in [0.717, 1.165) is 39.7 Å². The zero-order chi connectivity index (χ0) is 19.3. The summed E-state index contributed by atoms with van der Waals surface area (Å²) in [5.41, 5.74) is 4.18. The number of ketones is 2. The molecule has 0 aliphatic heterocycles. The van der Waals surface area contributed by atoms with Crippen LogP contribution < -0.4 is 4.74 Å². The summed E-state index contributed by atoms with van der Waals surface area (Å²) < 4.78 is 10.5. The number of Topliss-reactive ketones (excluding diaryl/α,β-unsaturated/α-hetero) is 1. The number of carbonyl (C=O) groups is 1. The lowest BCUT2D eigenvalue weighted by molar-refractivity contribution is -0.417. The van der Waals surface area contributed by atoms with Gasteiger partial charge in [0.05, 0.1) is 7.11 Å². The molecule has 1 aliphatic rings. The van der Waals surface area contributed by atoms with Crippen molar-refractivity contribution in [3.05, 3.63) is 76.8 Å². The molecule has 0 N–H and O–H groups in total. The van der Waals surface area contributed by atoms with Crippen LogP contribution in [-0.2, 0) is 9.22 Å². The number of ether oxygens (including phenoxy) is 1. The standard InChI is InChI=1S/C23H26O3/c1-15(2)21(16(3)4)23(24)22(17-7-11-19(25-5)12-8-17)18-9-13-20(26-6)14-10-18/h7-14H,1-6H3/q+1. The molecule has 0 atom stereocenters. The lowest BCUT2D eigenvalue weighted by Crippen LogP contribution is -2.13. The molecular formula is C23H26O3+. The Morgan fingerprint density at radius 3 is 1.92 bits per heavy atom. The molecule has 3 heteroatoms. The maximum atomic E-state index is 13.5. The molecule has 135 valence electrons. The maximum Gasteiger partial charge on any atom is 0.343 e. The van der Waals surface area contributed by atoms with Crippen molar-refractivity contribution in [2.24, 2.45) is 0 Å². The first-order valence-corrected chi connectivity index (χ1v) is 8.57. The number of methoxy groups -OCH3 is 1. The van der Waals surface area contributed by atoms with E-state index in [0.29, 0.717) is 5.57 Å². The highest BCUT2D eigenvalue weighted by Gasteiger charge is 2.24. The predicted molar refractivity (Wildman–Crippen MR) is 107 cm³/mol. The molecule has 0 amide bonds. The van der Waals surface area contributed by atoms with E-state index in [9.17, 15) is 4.79 Å². The van der Waals surface area contributed by atoms with Crippen molar-refractivity contribution >= 4 is 17.1 Å². The fourth-order valence-corrected chi connectivity index (χ4v) is 3.02. The molecule has 1 aromatic rings. The number of carbonyl (C=O) groups excluding carboxylic acids is 2. The van der Waals surface area contributed by atoms with Gasteiger partial charge in [-0.25, -0.2) is 0 Å².